The molecule has 0 aliphatic carbocycles. The van der Waals surface area contributed by atoms with Crippen LogP contribution in [0.2, 0.25) is 5.02 Å². The molecule has 0 unspecified atom stereocenters. The number of nitrogen functional groups attached to an aromatic ring is 1. The fourth-order valence-electron chi connectivity index (χ4n) is 1.42. The molecule has 2 rings (SSSR count). The Bertz CT molecular complexity index is 454. The molecule has 2 aromatic rings. The SMILES string of the molecule is Nc1cc(Cc2ccccn2)ccc1Cl. The molecule has 0 fully saturated rings. The summed E-state index contributed by atoms with van der Waals surface area (Å²) in [4.78, 5) is 4.25. The average molecular weight is 219 g/mol. The van der Waals surface area contributed by atoms with Crippen LogP contribution in [-0.4, -0.2) is 4.98 Å². The van der Waals surface area contributed by atoms with Crippen LogP contribution in [0.1, 0.15) is 11.3 Å². The zero-order chi connectivity index (χ0) is 10.7. The molecular weight excluding hydrogens is 208 g/mol. The molecule has 1 heterocycles. The highest BCUT2D eigenvalue weighted by Gasteiger charge is 2.00. The second-order valence-electron chi connectivity index (χ2n) is 3.35. The molecule has 0 saturated carbocycles. The molecular formula is C12H11ClN2. The maximum atomic E-state index is 5.84. The second kappa shape index (κ2) is 4.32. The highest BCUT2D eigenvalue weighted by molar-refractivity contribution is 6.33. The molecule has 2 nitrogen and oxygen atoms in total. The standard InChI is InChI=1S/C12H11ClN2/c13-11-5-4-9(8-12(11)14)7-10-3-1-2-6-15-10/h1-6,8H,7,14H2. The first kappa shape index (κ1) is 9.99. The van der Waals surface area contributed by atoms with Crippen LogP contribution in [0.25, 0.3) is 0 Å². The number of rotatable bonds is 2. The van der Waals surface area contributed by atoms with E-state index in [2.05, 4.69) is 4.98 Å². The van der Waals surface area contributed by atoms with E-state index in [9.17, 15) is 0 Å². The summed E-state index contributed by atoms with van der Waals surface area (Å²) >= 11 is 5.84. The molecule has 0 bridgehead atoms. The third-order valence-corrected chi connectivity index (χ3v) is 2.52. The van der Waals surface area contributed by atoms with Crippen molar-refractivity contribution in [3.63, 3.8) is 0 Å². The van der Waals surface area contributed by atoms with Crippen LogP contribution in [0.5, 0.6) is 0 Å². The number of anilines is 1. The van der Waals surface area contributed by atoms with E-state index in [0.29, 0.717) is 10.7 Å². The van der Waals surface area contributed by atoms with Gasteiger partial charge in [-0.2, -0.15) is 0 Å². The number of nitrogens with zero attached hydrogens (tertiary/aromatic N) is 1. The molecule has 0 aliphatic heterocycles. The monoisotopic (exact) mass is 218 g/mol. The summed E-state index contributed by atoms with van der Waals surface area (Å²) in [6, 6.07) is 11.5. The van der Waals surface area contributed by atoms with Gasteiger partial charge in [0.05, 0.1) is 10.7 Å². The van der Waals surface area contributed by atoms with Crippen LogP contribution in [0, 0.1) is 0 Å². The maximum absolute atomic E-state index is 5.84. The number of pyridine rings is 1. The molecule has 0 spiro atoms. The Morgan fingerprint density at radius 3 is 2.73 bits per heavy atom. The highest BCUT2D eigenvalue weighted by Crippen LogP contribution is 2.20. The molecule has 0 saturated heterocycles. The van der Waals surface area contributed by atoms with Crippen LogP contribution in [-0.2, 0) is 6.42 Å². The fraction of sp³-hybridized carbons (Fsp3) is 0.0833. The lowest BCUT2D eigenvalue weighted by atomic mass is 10.1. The summed E-state index contributed by atoms with van der Waals surface area (Å²) in [5.74, 6) is 0. The molecule has 0 atom stereocenters. The highest BCUT2D eigenvalue weighted by atomic mass is 35.5. The molecule has 76 valence electrons. The van der Waals surface area contributed by atoms with Gasteiger partial charge in [0, 0.05) is 18.3 Å². The number of hydrogen-bond donors (Lipinski definition) is 1. The number of aromatic nitrogens is 1. The smallest absolute Gasteiger partial charge is 0.0635 e. The van der Waals surface area contributed by atoms with Crippen molar-refractivity contribution >= 4 is 17.3 Å². The van der Waals surface area contributed by atoms with Gasteiger partial charge in [-0.15, -0.1) is 0 Å². The fourth-order valence-corrected chi connectivity index (χ4v) is 1.53. The van der Waals surface area contributed by atoms with E-state index in [1.165, 1.54) is 0 Å². The Morgan fingerprint density at radius 2 is 2.07 bits per heavy atom. The van der Waals surface area contributed by atoms with E-state index in [0.717, 1.165) is 17.7 Å². The third kappa shape index (κ3) is 2.48. The van der Waals surface area contributed by atoms with Crippen LogP contribution in [0.4, 0.5) is 5.69 Å². The van der Waals surface area contributed by atoms with Gasteiger partial charge in [0.2, 0.25) is 0 Å². The lowest BCUT2D eigenvalue weighted by Gasteiger charge is -2.03. The van der Waals surface area contributed by atoms with Crippen LogP contribution in [0.15, 0.2) is 42.6 Å². The largest absolute Gasteiger partial charge is 0.398 e. The van der Waals surface area contributed by atoms with Gasteiger partial charge in [-0.05, 0) is 29.8 Å². The van der Waals surface area contributed by atoms with Gasteiger partial charge in [-0.3, -0.25) is 4.98 Å². The minimum Gasteiger partial charge on any atom is -0.398 e. The average Bonchev–Trinajstić information content (AvgIpc) is 2.25. The Hall–Kier alpha value is -1.54. The molecule has 1 aromatic heterocycles. The first-order valence-electron chi connectivity index (χ1n) is 4.69. The van der Waals surface area contributed by atoms with E-state index in [-0.39, 0.29) is 0 Å². The van der Waals surface area contributed by atoms with Crippen LogP contribution >= 0.6 is 11.6 Å². The van der Waals surface area contributed by atoms with Crippen molar-refractivity contribution in [2.75, 3.05) is 5.73 Å². The van der Waals surface area contributed by atoms with E-state index in [1.54, 1.807) is 6.20 Å². The van der Waals surface area contributed by atoms with E-state index in [4.69, 9.17) is 17.3 Å². The first-order chi connectivity index (χ1) is 7.25. The molecule has 0 amide bonds. The van der Waals surface area contributed by atoms with Crippen molar-refractivity contribution in [3.8, 4) is 0 Å². The van der Waals surface area contributed by atoms with Gasteiger partial charge >= 0.3 is 0 Å². The van der Waals surface area contributed by atoms with Crippen LogP contribution < -0.4 is 5.73 Å². The lowest BCUT2D eigenvalue weighted by Crippen LogP contribution is -1.93. The van der Waals surface area contributed by atoms with Gasteiger partial charge in [0.25, 0.3) is 0 Å². The van der Waals surface area contributed by atoms with Crippen molar-refractivity contribution in [2.45, 2.75) is 6.42 Å². The predicted molar refractivity (Wildman–Crippen MR) is 62.9 cm³/mol. The number of benzene rings is 1. The molecule has 3 heteroatoms. The summed E-state index contributed by atoms with van der Waals surface area (Å²) in [5, 5.41) is 0.597. The van der Waals surface area contributed by atoms with Gasteiger partial charge in [0.1, 0.15) is 0 Å². The number of hydrogen-bond acceptors (Lipinski definition) is 2. The van der Waals surface area contributed by atoms with E-state index in [1.807, 2.05) is 36.4 Å². The minimum absolute atomic E-state index is 0.597. The molecule has 1 aromatic carbocycles. The Kier molecular flexibility index (Phi) is 2.88. The van der Waals surface area contributed by atoms with Gasteiger partial charge in [0.15, 0.2) is 0 Å². The van der Waals surface area contributed by atoms with Crippen molar-refractivity contribution in [1.29, 1.82) is 0 Å². The van der Waals surface area contributed by atoms with Crippen molar-refractivity contribution in [1.82, 2.24) is 4.98 Å². The quantitative estimate of drug-likeness (QED) is 0.788. The Balaban J connectivity index is 2.22. The number of nitrogens with two attached hydrogens (primary N) is 1. The summed E-state index contributed by atoms with van der Waals surface area (Å²) < 4.78 is 0. The van der Waals surface area contributed by atoms with Crippen molar-refractivity contribution in [2.24, 2.45) is 0 Å². The zero-order valence-corrected chi connectivity index (χ0v) is 8.91. The van der Waals surface area contributed by atoms with Crippen molar-refractivity contribution < 1.29 is 0 Å². The maximum Gasteiger partial charge on any atom is 0.0635 e. The lowest BCUT2D eigenvalue weighted by molar-refractivity contribution is 1.07. The molecule has 2 N–H and O–H groups in total. The van der Waals surface area contributed by atoms with E-state index < -0.39 is 0 Å². The number of halogens is 1. The summed E-state index contributed by atoms with van der Waals surface area (Å²) in [6.45, 7) is 0. The Labute approximate surface area is 93.7 Å². The zero-order valence-electron chi connectivity index (χ0n) is 8.15. The third-order valence-electron chi connectivity index (χ3n) is 2.17. The van der Waals surface area contributed by atoms with Crippen molar-refractivity contribution in [3.05, 3.63) is 58.9 Å². The summed E-state index contributed by atoms with van der Waals surface area (Å²) in [6.07, 6.45) is 2.57. The van der Waals surface area contributed by atoms with Crippen LogP contribution in [0.3, 0.4) is 0 Å². The Morgan fingerprint density at radius 1 is 1.20 bits per heavy atom. The first-order valence-corrected chi connectivity index (χ1v) is 5.07. The molecule has 0 aliphatic rings. The van der Waals surface area contributed by atoms with Gasteiger partial charge in [-0.1, -0.05) is 23.7 Å². The normalized spacial score (nSPS) is 10.2. The second-order valence-corrected chi connectivity index (χ2v) is 3.76. The van der Waals surface area contributed by atoms with Gasteiger partial charge in [-0.25, -0.2) is 0 Å². The summed E-state index contributed by atoms with van der Waals surface area (Å²) in [5.41, 5.74) is 8.49. The minimum atomic E-state index is 0.597. The molecule has 0 radical (unpaired) electrons. The van der Waals surface area contributed by atoms with Gasteiger partial charge < -0.3 is 5.73 Å². The topological polar surface area (TPSA) is 38.9 Å². The predicted octanol–water partition coefficient (Wildman–Crippen LogP) is 2.91. The van der Waals surface area contributed by atoms with E-state index >= 15 is 0 Å². The molecule has 15 heavy (non-hydrogen) atoms. The summed E-state index contributed by atoms with van der Waals surface area (Å²) in [7, 11) is 0.